The largest absolute Gasteiger partial charge is 0.371 e. The number of hydrazine groups is 1. The highest BCUT2D eigenvalue weighted by atomic mass is 15.4. The minimum Gasteiger partial charge on any atom is -0.371 e. The third kappa shape index (κ3) is 3.32. The van der Waals surface area contributed by atoms with E-state index in [9.17, 15) is 0 Å². The van der Waals surface area contributed by atoms with Gasteiger partial charge in [-0.2, -0.15) is 0 Å². The first-order chi connectivity index (χ1) is 9.83. The monoisotopic (exact) mass is 274 g/mol. The Morgan fingerprint density at radius 2 is 1.95 bits per heavy atom. The Balaban J connectivity index is 1.42. The molecule has 2 heterocycles. The summed E-state index contributed by atoms with van der Waals surface area (Å²) < 4.78 is 0. The van der Waals surface area contributed by atoms with Gasteiger partial charge in [0.2, 0.25) is 0 Å². The first kappa shape index (κ1) is 13.9. The van der Waals surface area contributed by atoms with Gasteiger partial charge in [0.15, 0.2) is 0 Å². The summed E-state index contributed by atoms with van der Waals surface area (Å²) in [6.45, 7) is 6.79. The van der Waals surface area contributed by atoms with Crippen LogP contribution in [0.1, 0.15) is 19.8 Å². The molecular formula is C16H26N4. The van der Waals surface area contributed by atoms with Crippen molar-refractivity contribution in [2.45, 2.75) is 31.8 Å². The Labute approximate surface area is 121 Å². The second-order valence-electron chi connectivity index (χ2n) is 6.08. The van der Waals surface area contributed by atoms with Crippen molar-refractivity contribution in [1.82, 2.24) is 16.2 Å². The molecule has 1 aromatic rings. The lowest BCUT2D eigenvalue weighted by atomic mass is 10.0. The molecular weight excluding hydrogens is 248 g/mol. The number of anilines is 1. The highest BCUT2D eigenvalue weighted by Gasteiger charge is 2.24. The summed E-state index contributed by atoms with van der Waals surface area (Å²) in [6.07, 6.45) is 2.49. The van der Waals surface area contributed by atoms with E-state index < -0.39 is 0 Å². The van der Waals surface area contributed by atoms with E-state index in [1.165, 1.54) is 31.6 Å². The van der Waals surface area contributed by atoms with E-state index in [2.05, 4.69) is 58.3 Å². The van der Waals surface area contributed by atoms with Crippen molar-refractivity contribution in [3.8, 4) is 0 Å². The Kier molecular flexibility index (Phi) is 4.55. The molecule has 0 aliphatic carbocycles. The summed E-state index contributed by atoms with van der Waals surface area (Å²) >= 11 is 0. The van der Waals surface area contributed by atoms with Crippen LogP contribution in [0.15, 0.2) is 30.3 Å². The van der Waals surface area contributed by atoms with Gasteiger partial charge in [-0.25, -0.2) is 0 Å². The molecule has 0 spiro atoms. The second kappa shape index (κ2) is 6.57. The summed E-state index contributed by atoms with van der Waals surface area (Å²) in [6, 6.07) is 12.0. The van der Waals surface area contributed by atoms with E-state index in [1.807, 2.05) is 0 Å². The molecule has 20 heavy (non-hydrogen) atoms. The number of rotatable bonds is 4. The second-order valence-corrected chi connectivity index (χ2v) is 6.08. The zero-order valence-corrected chi connectivity index (χ0v) is 12.3. The van der Waals surface area contributed by atoms with E-state index in [0.717, 1.165) is 13.1 Å². The lowest BCUT2D eigenvalue weighted by Gasteiger charge is -2.34. The van der Waals surface area contributed by atoms with Crippen LogP contribution in [-0.4, -0.2) is 38.3 Å². The van der Waals surface area contributed by atoms with Crippen molar-refractivity contribution in [1.29, 1.82) is 0 Å². The van der Waals surface area contributed by atoms with E-state index in [0.29, 0.717) is 18.0 Å². The molecule has 3 N–H and O–H groups in total. The molecule has 1 aromatic carbocycles. The zero-order chi connectivity index (χ0) is 13.8. The summed E-state index contributed by atoms with van der Waals surface area (Å²) in [5.41, 5.74) is 7.89. The number of para-hydroxylation sites is 1. The molecule has 0 amide bonds. The fourth-order valence-electron chi connectivity index (χ4n) is 3.19. The van der Waals surface area contributed by atoms with Gasteiger partial charge in [0.05, 0.1) is 0 Å². The van der Waals surface area contributed by atoms with Crippen molar-refractivity contribution in [3.63, 3.8) is 0 Å². The third-order valence-corrected chi connectivity index (χ3v) is 4.69. The summed E-state index contributed by atoms with van der Waals surface area (Å²) in [5, 5.41) is 3.76. The normalized spacial score (nSPS) is 27.9. The van der Waals surface area contributed by atoms with Crippen LogP contribution in [0.2, 0.25) is 0 Å². The maximum absolute atomic E-state index is 3.76. The number of nitrogens with zero attached hydrogens (tertiary/aromatic N) is 1. The standard InChI is InChI=1S/C16H26N4/c1-13-14(12-18-19-13)11-17-15-7-9-20(10-8-15)16-5-3-2-4-6-16/h2-6,13-15,17-19H,7-12H2,1H3. The molecule has 0 bridgehead atoms. The molecule has 2 aliphatic heterocycles. The van der Waals surface area contributed by atoms with Gasteiger partial charge in [0.1, 0.15) is 0 Å². The molecule has 2 saturated heterocycles. The van der Waals surface area contributed by atoms with Crippen LogP contribution in [0.5, 0.6) is 0 Å². The van der Waals surface area contributed by atoms with Crippen molar-refractivity contribution >= 4 is 5.69 Å². The molecule has 110 valence electrons. The molecule has 0 aromatic heterocycles. The number of benzene rings is 1. The average molecular weight is 274 g/mol. The minimum atomic E-state index is 0.576. The fraction of sp³-hybridized carbons (Fsp3) is 0.625. The summed E-state index contributed by atoms with van der Waals surface area (Å²) in [7, 11) is 0. The van der Waals surface area contributed by atoms with Crippen LogP contribution in [0.3, 0.4) is 0 Å². The van der Waals surface area contributed by atoms with Gasteiger partial charge >= 0.3 is 0 Å². The smallest absolute Gasteiger partial charge is 0.0366 e. The van der Waals surface area contributed by atoms with Crippen LogP contribution >= 0.6 is 0 Å². The summed E-state index contributed by atoms with van der Waals surface area (Å²) in [5.74, 6) is 0.710. The Morgan fingerprint density at radius 1 is 1.20 bits per heavy atom. The van der Waals surface area contributed by atoms with Gasteiger partial charge < -0.3 is 10.2 Å². The van der Waals surface area contributed by atoms with Crippen LogP contribution in [-0.2, 0) is 0 Å². The maximum Gasteiger partial charge on any atom is 0.0366 e. The van der Waals surface area contributed by atoms with Crippen molar-refractivity contribution in [3.05, 3.63) is 30.3 Å². The first-order valence-corrected chi connectivity index (χ1v) is 7.84. The van der Waals surface area contributed by atoms with Gasteiger partial charge in [-0.05, 0) is 31.9 Å². The van der Waals surface area contributed by atoms with Gasteiger partial charge in [0.25, 0.3) is 0 Å². The highest BCUT2D eigenvalue weighted by Crippen LogP contribution is 2.19. The number of nitrogens with one attached hydrogen (secondary N) is 3. The maximum atomic E-state index is 3.76. The molecule has 0 saturated carbocycles. The SMILES string of the molecule is CC1NNCC1CNC1CCN(c2ccccc2)CC1. The third-order valence-electron chi connectivity index (χ3n) is 4.69. The molecule has 0 radical (unpaired) electrons. The minimum absolute atomic E-state index is 0.576. The topological polar surface area (TPSA) is 39.3 Å². The molecule has 3 rings (SSSR count). The Hall–Kier alpha value is -1.10. The van der Waals surface area contributed by atoms with Crippen molar-refractivity contribution < 1.29 is 0 Å². The predicted octanol–water partition coefficient (Wildman–Crippen LogP) is 1.36. The van der Waals surface area contributed by atoms with Crippen LogP contribution in [0, 0.1) is 5.92 Å². The van der Waals surface area contributed by atoms with E-state index in [4.69, 9.17) is 0 Å². The van der Waals surface area contributed by atoms with Crippen LogP contribution < -0.4 is 21.1 Å². The number of hydrogen-bond acceptors (Lipinski definition) is 4. The number of hydrogen-bond donors (Lipinski definition) is 3. The highest BCUT2D eigenvalue weighted by molar-refractivity contribution is 5.46. The predicted molar refractivity (Wildman–Crippen MR) is 83.8 cm³/mol. The zero-order valence-electron chi connectivity index (χ0n) is 12.3. The molecule has 2 aliphatic rings. The Bertz CT molecular complexity index is 400. The molecule has 4 heteroatoms. The van der Waals surface area contributed by atoms with Gasteiger partial charge in [-0.15, -0.1) is 0 Å². The molecule has 2 atom stereocenters. The summed E-state index contributed by atoms with van der Waals surface area (Å²) in [4.78, 5) is 2.50. The van der Waals surface area contributed by atoms with Gasteiger partial charge in [-0.3, -0.25) is 10.9 Å². The quantitative estimate of drug-likeness (QED) is 0.775. The van der Waals surface area contributed by atoms with Crippen LogP contribution in [0.25, 0.3) is 0 Å². The Morgan fingerprint density at radius 3 is 2.60 bits per heavy atom. The first-order valence-electron chi connectivity index (χ1n) is 7.84. The molecule has 2 fully saturated rings. The van der Waals surface area contributed by atoms with Crippen LogP contribution in [0.4, 0.5) is 5.69 Å². The lowest BCUT2D eigenvalue weighted by molar-refractivity contribution is 0.369. The van der Waals surface area contributed by atoms with Crippen molar-refractivity contribution in [2.24, 2.45) is 5.92 Å². The molecule has 2 unspecified atom stereocenters. The van der Waals surface area contributed by atoms with Gasteiger partial charge in [-0.1, -0.05) is 18.2 Å². The van der Waals surface area contributed by atoms with E-state index in [1.54, 1.807) is 0 Å². The number of piperidine rings is 1. The average Bonchev–Trinajstić information content (AvgIpc) is 2.92. The van der Waals surface area contributed by atoms with E-state index in [-0.39, 0.29) is 0 Å². The lowest BCUT2D eigenvalue weighted by Crippen LogP contribution is -2.45. The van der Waals surface area contributed by atoms with Gasteiger partial charge in [0, 0.05) is 49.9 Å². The van der Waals surface area contributed by atoms with E-state index >= 15 is 0 Å². The van der Waals surface area contributed by atoms with Crippen molar-refractivity contribution in [2.75, 3.05) is 31.1 Å². The molecule has 4 nitrogen and oxygen atoms in total. The fourth-order valence-corrected chi connectivity index (χ4v) is 3.19.